The first kappa shape index (κ1) is 16.2. The molecule has 0 radical (unpaired) electrons. The Balaban J connectivity index is 1.35. The second kappa shape index (κ2) is 6.90. The first-order valence-corrected chi connectivity index (χ1v) is 8.49. The van der Waals surface area contributed by atoms with Crippen molar-refractivity contribution >= 4 is 11.0 Å². The van der Waals surface area contributed by atoms with Gasteiger partial charge in [-0.05, 0) is 42.3 Å². The van der Waals surface area contributed by atoms with Gasteiger partial charge in [-0.1, -0.05) is 6.07 Å². The number of benzene rings is 1. The Hall–Kier alpha value is -2.31. The van der Waals surface area contributed by atoms with E-state index in [0.29, 0.717) is 26.2 Å². The number of nitrogens with zero attached hydrogens (tertiary/aromatic N) is 3. The highest BCUT2D eigenvalue weighted by molar-refractivity contribution is 5.75. The number of fused-ring (bicyclic) bond motifs is 1. The maximum atomic E-state index is 14.3. The van der Waals surface area contributed by atoms with E-state index >= 15 is 0 Å². The van der Waals surface area contributed by atoms with Crippen LogP contribution in [-0.4, -0.2) is 45.2 Å². The molecular formula is C19H21FN4O. The molecule has 3 heterocycles. The summed E-state index contributed by atoms with van der Waals surface area (Å²) < 4.78 is 20.1. The molecule has 1 aliphatic rings. The number of nitrogens with one attached hydrogen (secondary N) is 1. The number of halogens is 1. The van der Waals surface area contributed by atoms with Gasteiger partial charge < -0.3 is 9.72 Å². The van der Waals surface area contributed by atoms with Gasteiger partial charge in [0.2, 0.25) is 0 Å². The number of pyridine rings is 1. The summed E-state index contributed by atoms with van der Waals surface area (Å²) in [6.07, 6.45) is 2.12. The molecule has 0 aliphatic carbocycles. The molecule has 0 saturated carbocycles. The lowest BCUT2D eigenvalue weighted by atomic mass is 10.2. The molecule has 0 bridgehead atoms. The molecule has 1 N–H and O–H groups in total. The molecule has 5 nitrogen and oxygen atoms in total. The minimum atomic E-state index is -0.978. The van der Waals surface area contributed by atoms with E-state index in [2.05, 4.69) is 25.9 Å². The number of aromatic nitrogens is 3. The summed E-state index contributed by atoms with van der Waals surface area (Å²) in [5, 5.41) is 0. The minimum Gasteiger partial charge on any atom is -0.366 e. The van der Waals surface area contributed by atoms with Crippen LogP contribution in [-0.2, 0) is 17.9 Å². The number of hydrogen-bond donors (Lipinski definition) is 1. The van der Waals surface area contributed by atoms with Gasteiger partial charge in [-0.25, -0.2) is 9.37 Å². The third-order valence-corrected chi connectivity index (χ3v) is 4.55. The third kappa shape index (κ3) is 3.70. The second-order valence-electron chi connectivity index (χ2n) is 6.62. The zero-order valence-corrected chi connectivity index (χ0v) is 14.2. The van der Waals surface area contributed by atoms with Crippen LogP contribution in [0.5, 0.6) is 0 Å². The van der Waals surface area contributed by atoms with E-state index in [0.717, 1.165) is 22.4 Å². The van der Waals surface area contributed by atoms with Crippen molar-refractivity contribution in [1.29, 1.82) is 0 Å². The Labute approximate surface area is 145 Å². The van der Waals surface area contributed by atoms with Crippen LogP contribution in [0.2, 0.25) is 0 Å². The van der Waals surface area contributed by atoms with E-state index in [1.165, 1.54) is 5.56 Å². The van der Waals surface area contributed by atoms with Crippen LogP contribution in [0.15, 0.2) is 42.7 Å². The summed E-state index contributed by atoms with van der Waals surface area (Å²) in [6.45, 7) is 4.03. The van der Waals surface area contributed by atoms with Crippen LogP contribution in [0.3, 0.4) is 0 Å². The number of H-pyrrole nitrogens is 1. The average Bonchev–Trinajstić information content (AvgIpc) is 3.16. The van der Waals surface area contributed by atoms with Crippen molar-refractivity contribution in [3.63, 3.8) is 0 Å². The molecule has 1 fully saturated rings. The summed E-state index contributed by atoms with van der Waals surface area (Å²) in [4.78, 5) is 13.8. The van der Waals surface area contributed by atoms with E-state index in [-0.39, 0.29) is 0 Å². The van der Waals surface area contributed by atoms with E-state index in [1.807, 2.05) is 31.2 Å². The highest BCUT2D eigenvalue weighted by atomic mass is 19.1. The normalized spacial score (nSPS) is 21.2. The van der Waals surface area contributed by atoms with Crippen LogP contribution in [0, 0.1) is 6.92 Å². The van der Waals surface area contributed by atoms with Crippen molar-refractivity contribution in [3.8, 4) is 0 Å². The number of rotatable bonds is 5. The molecule has 2 aromatic heterocycles. The van der Waals surface area contributed by atoms with Crippen molar-refractivity contribution in [2.75, 3.05) is 13.1 Å². The summed E-state index contributed by atoms with van der Waals surface area (Å²) in [7, 11) is 0. The van der Waals surface area contributed by atoms with Crippen LogP contribution in [0.1, 0.15) is 17.0 Å². The average molecular weight is 340 g/mol. The van der Waals surface area contributed by atoms with E-state index in [9.17, 15) is 4.39 Å². The Morgan fingerprint density at radius 3 is 2.92 bits per heavy atom. The van der Waals surface area contributed by atoms with Crippen molar-refractivity contribution < 1.29 is 9.13 Å². The molecule has 0 spiro atoms. The number of alkyl halides is 1. The topological polar surface area (TPSA) is 54.0 Å². The highest BCUT2D eigenvalue weighted by Crippen LogP contribution is 2.21. The predicted octanol–water partition coefficient (Wildman–Crippen LogP) is 3.01. The van der Waals surface area contributed by atoms with Crippen molar-refractivity contribution in [2.45, 2.75) is 32.4 Å². The highest BCUT2D eigenvalue weighted by Gasteiger charge is 2.33. The molecule has 2 atom stereocenters. The minimum absolute atomic E-state index is 0.294. The van der Waals surface area contributed by atoms with Gasteiger partial charge in [0.15, 0.2) is 0 Å². The molecule has 4 rings (SSSR count). The molecule has 1 aliphatic heterocycles. The first-order valence-electron chi connectivity index (χ1n) is 8.49. The second-order valence-corrected chi connectivity index (χ2v) is 6.62. The van der Waals surface area contributed by atoms with Crippen LogP contribution >= 0.6 is 0 Å². The third-order valence-electron chi connectivity index (χ3n) is 4.55. The number of ether oxygens (including phenoxy) is 1. The fraction of sp³-hybridized carbons (Fsp3) is 0.368. The molecule has 130 valence electrons. The van der Waals surface area contributed by atoms with Gasteiger partial charge in [0.25, 0.3) is 0 Å². The van der Waals surface area contributed by atoms with Crippen molar-refractivity contribution in [1.82, 2.24) is 19.9 Å². The summed E-state index contributed by atoms with van der Waals surface area (Å²) in [6, 6.07) is 9.97. The van der Waals surface area contributed by atoms with E-state index in [1.54, 1.807) is 12.4 Å². The fourth-order valence-electron chi connectivity index (χ4n) is 3.27. The van der Waals surface area contributed by atoms with Crippen LogP contribution < -0.4 is 0 Å². The zero-order chi connectivity index (χ0) is 17.2. The van der Waals surface area contributed by atoms with Gasteiger partial charge in [-0.2, -0.15) is 0 Å². The number of hydrogen-bond acceptors (Lipinski definition) is 4. The molecule has 3 aromatic rings. The van der Waals surface area contributed by atoms with Gasteiger partial charge in [-0.15, -0.1) is 0 Å². The first-order chi connectivity index (χ1) is 12.2. The largest absolute Gasteiger partial charge is 0.366 e. The maximum absolute atomic E-state index is 14.3. The van der Waals surface area contributed by atoms with Crippen LogP contribution in [0.25, 0.3) is 11.0 Å². The molecule has 1 aromatic carbocycles. The van der Waals surface area contributed by atoms with Crippen LogP contribution in [0.4, 0.5) is 4.39 Å². The van der Waals surface area contributed by atoms with Gasteiger partial charge in [0.1, 0.15) is 24.7 Å². The molecule has 0 amide bonds. The van der Waals surface area contributed by atoms with Gasteiger partial charge in [0.05, 0.1) is 11.0 Å². The number of likely N-dealkylation sites (tertiary alicyclic amines) is 1. The molecule has 1 saturated heterocycles. The Kier molecular flexibility index (Phi) is 4.46. The predicted molar refractivity (Wildman–Crippen MR) is 93.8 cm³/mol. The van der Waals surface area contributed by atoms with Gasteiger partial charge >= 0.3 is 0 Å². The lowest BCUT2D eigenvalue weighted by molar-refractivity contribution is 0.00863. The quantitative estimate of drug-likeness (QED) is 0.776. The Morgan fingerprint density at radius 2 is 2.08 bits per heavy atom. The molecule has 6 heteroatoms. The summed E-state index contributed by atoms with van der Waals surface area (Å²) >= 11 is 0. The van der Waals surface area contributed by atoms with Gasteiger partial charge in [0, 0.05) is 32.0 Å². The van der Waals surface area contributed by atoms with E-state index < -0.39 is 12.3 Å². The van der Waals surface area contributed by atoms with Crippen molar-refractivity contribution in [2.24, 2.45) is 0 Å². The lowest BCUT2D eigenvalue weighted by Gasteiger charge is -2.15. The molecular weight excluding hydrogens is 319 g/mol. The Morgan fingerprint density at radius 1 is 1.24 bits per heavy atom. The maximum Gasteiger partial charge on any atom is 0.140 e. The summed E-state index contributed by atoms with van der Waals surface area (Å²) in [5.74, 6) is 0.736. The van der Waals surface area contributed by atoms with Crippen molar-refractivity contribution in [3.05, 3.63) is 59.7 Å². The number of aromatic amines is 1. The van der Waals surface area contributed by atoms with E-state index in [4.69, 9.17) is 4.74 Å². The smallest absolute Gasteiger partial charge is 0.140 e. The summed E-state index contributed by atoms with van der Waals surface area (Å²) in [5.41, 5.74) is 4.21. The fourth-order valence-corrected chi connectivity index (χ4v) is 3.27. The van der Waals surface area contributed by atoms with Gasteiger partial charge in [-0.3, -0.25) is 9.88 Å². The monoisotopic (exact) mass is 340 g/mol. The Bertz CT molecular complexity index is 851. The SMILES string of the molecule is Cc1ccc2nc(COC3CN(Cc4ccncc4)CC3F)[nH]c2c1. The molecule has 25 heavy (non-hydrogen) atoms. The standard InChI is InChI=1S/C19H21FN4O/c1-13-2-3-16-17(8-13)23-19(22-16)12-25-18-11-24(10-15(18)20)9-14-4-6-21-7-5-14/h2-8,15,18H,9-12H2,1H3,(H,22,23). The lowest BCUT2D eigenvalue weighted by Crippen LogP contribution is -2.24. The molecule has 2 unspecified atom stereocenters. The number of imidazole rings is 1. The number of aryl methyl sites for hydroxylation is 1. The zero-order valence-electron chi connectivity index (χ0n) is 14.2.